The molecule has 0 heterocycles. The molecule has 1 atom stereocenters. The standard InChI is InChI=1S/C27H30N2O3Si/c1-5-31-26(30)24(29-28)25(21-15-9-6-10-16-21)32-33(27(2,3)4,22-17-11-7-12-18-22)23-19-13-8-14-20-23/h6-20,25H,5H2,1-4H3/p+1/b26-24-. The van der Waals surface area contributed by atoms with Crippen LogP contribution in [0.15, 0.2) is 103 Å². The third-order valence-electron chi connectivity index (χ3n) is 5.67. The van der Waals surface area contributed by atoms with E-state index < -0.39 is 20.4 Å². The van der Waals surface area contributed by atoms with Crippen LogP contribution in [0.25, 0.3) is 4.98 Å². The molecule has 3 rings (SSSR count). The van der Waals surface area contributed by atoms with Crippen molar-refractivity contribution in [1.82, 2.24) is 0 Å². The number of benzene rings is 3. The first-order chi connectivity index (χ1) is 15.8. The van der Waals surface area contributed by atoms with E-state index in [9.17, 15) is 10.5 Å². The SMILES string of the molecule is CCO/C(O)=C(\[N+]#N)C(O[Si](c1ccccc1)(c1ccccc1)C(C)(C)C)c1ccccc1. The zero-order chi connectivity index (χ0) is 23.9. The van der Waals surface area contributed by atoms with Gasteiger partial charge in [0.05, 0.1) is 6.61 Å². The number of rotatable bonds is 8. The second-order valence-electron chi connectivity index (χ2n) is 8.80. The largest absolute Gasteiger partial charge is 0.475 e. The Morgan fingerprint density at radius 3 is 1.73 bits per heavy atom. The van der Waals surface area contributed by atoms with Gasteiger partial charge in [0.1, 0.15) is 0 Å². The molecule has 33 heavy (non-hydrogen) atoms. The number of hydrogen-bond acceptors (Lipinski definition) is 4. The summed E-state index contributed by atoms with van der Waals surface area (Å²) in [6.45, 7) is 8.49. The molecule has 0 aromatic heterocycles. The van der Waals surface area contributed by atoms with Crippen LogP contribution in [-0.2, 0) is 9.16 Å². The van der Waals surface area contributed by atoms with E-state index in [0.29, 0.717) is 0 Å². The first kappa shape index (κ1) is 24.2. The Bertz CT molecular complexity index is 1070. The van der Waals surface area contributed by atoms with Gasteiger partial charge >= 0.3 is 11.6 Å². The van der Waals surface area contributed by atoms with E-state index >= 15 is 0 Å². The van der Waals surface area contributed by atoms with Crippen molar-refractivity contribution < 1.29 is 14.3 Å². The molecule has 0 saturated heterocycles. The van der Waals surface area contributed by atoms with Crippen LogP contribution in [0.2, 0.25) is 5.04 Å². The first-order valence-corrected chi connectivity index (χ1v) is 13.0. The van der Waals surface area contributed by atoms with Crippen molar-refractivity contribution in [1.29, 1.82) is 5.39 Å². The molecule has 0 spiro atoms. The van der Waals surface area contributed by atoms with E-state index in [1.807, 2.05) is 66.7 Å². The Labute approximate surface area is 197 Å². The summed E-state index contributed by atoms with van der Waals surface area (Å²) in [6, 6.07) is 29.9. The van der Waals surface area contributed by atoms with E-state index in [-0.39, 0.29) is 17.3 Å². The van der Waals surface area contributed by atoms with E-state index in [0.717, 1.165) is 15.9 Å². The molecule has 5 nitrogen and oxygen atoms in total. The molecule has 0 amide bonds. The van der Waals surface area contributed by atoms with Crippen molar-refractivity contribution >= 4 is 18.7 Å². The molecule has 6 heteroatoms. The van der Waals surface area contributed by atoms with E-state index in [1.165, 1.54) is 0 Å². The summed E-state index contributed by atoms with van der Waals surface area (Å²) < 4.78 is 12.5. The molecule has 0 aliphatic heterocycles. The van der Waals surface area contributed by atoms with Gasteiger partial charge in [0.25, 0.3) is 8.32 Å². The van der Waals surface area contributed by atoms with Gasteiger partial charge in [-0.3, -0.25) is 0 Å². The van der Waals surface area contributed by atoms with Crippen LogP contribution >= 0.6 is 0 Å². The Kier molecular flexibility index (Phi) is 7.70. The lowest BCUT2D eigenvalue weighted by atomic mass is 10.1. The van der Waals surface area contributed by atoms with Gasteiger partial charge in [0.15, 0.2) is 11.1 Å². The van der Waals surface area contributed by atoms with Crippen LogP contribution in [0, 0.1) is 5.39 Å². The van der Waals surface area contributed by atoms with Gasteiger partial charge in [0.2, 0.25) is 5.39 Å². The molecular formula is C27H31N2O3Si+. The van der Waals surface area contributed by atoms with Crippen LogP contribution in [0.3, 0.4) is 0 Å². The molecule has 1 N–H and O–H groups in total. The van der Waals surface area contributed by atoms with Gasteiger partial charge in [0, 0.05) is 0 Å². The maximum absolute atomic E-state index is 10.6. The molecule has 170 valence electrons. The molecule has 0 radical (unpaired) electrons. The van der Waals surface area contributed by atoms with Gasteiger partial charge in [-0.05, 0) is 27.9 Å². The molecule has 0 saturated carbocycles. The predicted molar refractivity (Wildman–Crippen MR) is 134 cm³/mol. The Balaban J connectivity index is 2.33. The van der Waals surface area contributed by atoms with Crippen molar-refractivity contribution in [3.05, 3.63) is 113 Å². The van der Waals surface area contributed by atoms with Crippen LogP contribution in [0.1, 0.15) is 39.4 Å². The van der Waals surface area contributed by atoms with Gasteiger partial charge in [-0.1, -0.05) is 112 Å². The minimum absolute atomic E-state index is 0.0592. The van der Waals surface area contributed by atoms with E-state index in [1.54, 1.807) is 6.92 Å². The Hall–Kier alpha value is -3.40. The van der Waals surface area contributed by atoms with Gasteiger partial charge in [-0.15, -0.1) is 0 Å². The topological polar surface area (TPSA) is 66.8 Å². The van der Waals surface area contributed by atoms with Crippen molar-refractivity contribution in [2.75, 3.05) is 6.61 Å². The van der Waals surface area contributed by atoms with Crippen LogP contribution in [-0.4, -0.2) is 20.0 Å². The fourth-order valence-electron chi connectivity index (χ4n) is 4.20. The highest BCUT2D eigenvalue weighted by Crippen LogP contribution is 2.42. The van der Waals surface area contributed by atoms with Gasteiger partial charge < -0.3 is 14.3 Å². The smallest absolute Gasteiger partial charge is 0.472 e. The normalized spacial score (nSPS) is 13.5. The number of diazo groups is 1. The second kappa shape index (κ2) is 10.5. The molecule has 0 aliphatic carbocycles. The quantitative estimate of drug-likeness (QED) is 0.258. The predicted octanol–water partition coefficient (Wildman–Crippen LogP) is 5.92. The van der Waals surface area contributed by atoms with Crippen molar-refractivity contribution in [2.45, 2.75) is 38.8 Å². The van der Waals surface area contributed by atoms with Crippen molar-refractivity contribution in [3.63, 3.8) is 0 Å². The average molecular weight is 460 g/mol. The summed E-state index contributed by atoms with van der Waals surface area (Å²) >= 11 is 0. The third-order valence-corrected chi connectivity index (χ3v) is 10.7. The maximum atomic E-state index is 10.6. The number of nitrogens with zero attached hydrogens (tertiary/aromatic N) is 2. The summed E-state index contributed by atoms with van der Waals surface area (Å²) in [7, 11) is -3.01. The highest BCUT2D eigenvalue weighted by atomic mass is 28.4. The summed E-state index contributed by atoms with van der Waals surface area (Å²) in [6.07, 6.45) is -0.853. The van der Waals surface area contributed by atoms with Crippen LogP contribution < -0.4 is 10.4 Å². The molecular weight excluding hydrogens is 428 g/mol. The lowest BCUT2D eigenvalue weighted by molar-refractivity contribution is 0.0888. The number of hydrogen-bond donors (Lipinski definition) is 1. The second-order valence-corrected chi connectivity index (χ2v) is 13.0. The number of ether oxygens (including phenoxy) is 1. The minimum atomic E-state index is -3.01. The van der Waals surface area contributed by atoms with Crippen molar-refractivity contribution in [2.24, 2.45) is 0 Å². The molecule has 0 bridgehead atoms. The molecule has 0 fully saturated rings. The molecule has 3 aromatic carbocycles. The Morgan fingerprint density at radius 1 is 0.879 bits per heavy atom. The van der Waals surface area contributed by atoms with Gasteiger partial charge in [-0.25, -0.2) is 0 Å². The fraction of sp³-hybridized carbons (Fsp3) is 0.259. The lowest BCUT2D eigenvalue weighted by Gasteiger charge is -2.44. The van der Waals surface area contributed by atoms with Crippen LogP contribution in [0.4, 0.5) is 0 Å². The summed E-state index contributed by atoms with van der Waals surface area (Å²) in [5.41, 5.74) is 0.695. The number of aliphatic hydroxyl groups excluding tert-OH is 1. The van der Waals surface area contributed by atoms with E-state index in [4.69, 9.17) is 9.16 Å². The van der Waals surface area contributed by atoms with E-state index in [2.05, 4.69) is 50.0 Å². The molecule has 1 unspecified atom stereocenters. The first-order valence-electron chi connectivity index (χ1n) is 11.1. The summed E-state index contributed by atoms with van der Waals surface area (Å²) in [5.74, 6) is -0.452. The third kappa shape index (κ3) is 5.00. The highest BCUT2D eigenvalue weighted by molar-refractivity contribution is 6.99. The zero-order valence-electron chi connectivity index (χ0n) is 19.6. The number of aliphatic hydroxyl groups is 1. The Morgan fingerprint density at radius 2 is 1.33 bits per heavy atom. The van der Waals surface area contributed by atoms with Crippen LogP contribution in [0.5, 0.6) is 0 Å². The minimum Gasteiger partial charge on any atom is -0.475 e. The fourth-order valence-corrected chi connectivity index (χ4v) is 8.81. The zero-order valence-corrected chi connectivity index (χ0v) is 20.6. The van der Waals surface area contributed by atoms with Crippen molar-refractivity contribution in [3.8, 4) is 0 Å². The monoisotopic (exact) mass is 459 g/mol. The average Bonchev–Trinajstić information content (AvgIpc) is 2.83. The molecule has 3 aromatic rings. The summed E-state index contributed by atoms with van der Waals surface area (Å²) in [4.78, 5) is 3.44. The summed E-state index contributed by atoms with van der Waals surface area (Å²) in [5, 5.41) is 22.4. The molecule has 0 aliphatic rings. The van der Waals surface area contributed by atoms with Gasteiger partial charge in [-0.2, -0.15) is 0 Å². The highest BCUT2D eigenvalue weighted by Gasteiger charge is 2.54. The maximum Gasteiger partial charge on any atom is 0.472 e. The lowest BCUT2D eigenvalue weighted by Crippen LogP contribution is -2.67.